The van der Waals surface area contributed by atoms with Crippen LogP contribution in [0, 0.1) is 10.1 Å². The Kier molecular flexibility index (Phi) is 4.74. The average molecular weight is 322 g/mol. The highest BCUT2D eigenvalue weighted by molar-refractivity contribution is 6.07. The van der Waals surface area contributed by atoms with Gasteiger partial charge in [-0.25, -0.2) is 4.79 Å². The van der Waals surface area contributed by atoms with Crippen LogP contribution in [0.2, 0.25) is 0 Å². The molecule has 1 aliphatic rings. The third kappa shape index (κ3) is 3.93. The maximum atomic E-state index is 11.8. The minimum Gasteiger partial charge on any atom is -0.487 e. The van der Waals surface area contributed by atoms with Crippen LogP contribution in [0.5, 0.6) is 5.75 Å². The molecule has 0 aromatic heterocycles. The van der Waals surface area contributed by atoms with Crippen molar-refractivity contribution in [3.8, 4) is 5.75 Å². The van der Waals surface area contributed by atoms with Crippen LogP contribution >= 0.6 is 0 Å². The maximum Gasteiger partial charge on any atom is 0.319 e. The molecule has 10 nitrogen and oxygen atoms in total. The first-order valence-electron chi connectivity index (χ1n) is 6.73. The molecule has 2 rings (SSSR count). The van der Waals surface area contributed by atoms with E-state index in [1.807, 2.05) is 0 Å². The van der Waals surface area contributed by atoms with Crippen molar-refractivity contribution in [1.82, 2.24) is 10.6 Å². The van der Waals surface area contributed by atoms with Crippen molar-refractivity contribution in [3.63, 3.8) is 0 Å². The summed E-state index contributed by atoms with van der Waals surface area (Å²) in [7, 11) is 0. The smallest absolute Gasteiger partial charge is 0.319 e. The molecule has 1 atom stereocenters. The second-order valence-corrected chi connectivity index (χ2v) is 4.64. The van der Waals surface area contributed by atoms with Gasteiger partial charge < -0.3 is 15.4 Å². The lowest BCUT2D eigenvalue weighted by Crippen LogP contribution is -2.42. The second-order valence-electron chi connectivity index (χ2n) is 4.64. The highest BCUT2D eigenvalue weighted by atomic mass is 16.6. The summed E-state index contributed by atoms with van der Waals surface area (Å²) >= 11 is 0. The van der Waals surface area contributed by atoms with Gasteiger partial charge in [0, 0.05) is 17.8 Å². The summed E-state index contributed by atoms with van der Waals surface area (Å²) in [5.74, 6) is -1.03. The maximum absolute atomic E-state index is 11.8. The molecule has 0 saturated carbocycles. The Morgan fingerprint density at radius 3 is 2.78 bits per heavy atom. The van der Waals surface area contributed by atoms with Crippen LogP contribution in [0.3, 0.4) is 0 Å². The Hall–Kier alpha value is -3.17. The molecule has 1 aromatic carbocycles. The van der Waals surface area contributed by atoms with Gasteiger partial charge >= 0.3 is 11.7 Å². The lowest BCUT2D eigenvalue weighted by molar-refractivity contribution is -0.385. The number of carbonyl (C=O) groups excluding carboxylic acids is 3. The van der Waals surface area contributed by atoms with Crippen LogP contribution in [-0.4, -0.2) is 35.4 Å². The van der Waals surface area contributed by atoms with Crippen LogP contribution in [0.1, 0.15) is 13.3 Å². The molecule has 1 fully saturated rings. The number of nitrogens with zero attached hydrogens (tertiary/aromatic N) is 1. The van der Waals surface area contributed by atoms with Crippen LogP contribution in [0.4, 0.5) is 16.2 Å². The molecule has 4 amide bonds. The van der Waals surface area contributed by atoms with Gasteiger partial charge in [-0.05, 0) is 13.0 Å². The second kappa shape index (κ2) is 6.73. The molecule has 1 saturated heterocycles. The number of hydrogen-bond acceptors (Lipinski definition) is 6. The molecule has 0 radical (unpaired) electrons. The van der Waals surface area contributed by atoms with Crippen molar-refractivity contribution >= 4 is 29.2 Å². The normalized spacial score (nSPS) is 16.7. The molecule has 122 valence electrons. The molecule has 3 N–H and O–H groups in total. The molecule has 0 aliphatic carbocycles. The molecule has 0 bridgehead atoms. The van der Waals surface area contributed by atoms with E-state index >= 15 is 0 Å². The van der Waals surface area contributed by atoms with Gasteiger partial charge in [-0.1, -0.05) is 0 Å². The lowest BCUT2D eigenvalue weighted by atomic mass is 10.2. The van der Waals surface area contributed by atoms with Crippen LogP contribution in [-0.2, 0) is 9.59 Å². The summed E-state index contributed by atoms with van der Waals surface area (Å²) in [6.45, 7) is 1.90. The Balaban J connectivity index is 2.06. The van der Waals surface area contributed by atoms with Crippen molar-refractivity contribution in [2.45, 2.75) is 19.4 Å². The molecule has 1 heterocycles. The van der Waals surface area contributed by atoms with E-state index in [-0.39, 0.29) is 30.2 Å². The first-order valence-corrected chi connectivity index (χ1v) is 6.73. The minimum absolute atomic E-state index is 0.0177. The monoisotopic (exact) mass is 322 g/mol. The number of benzene rings is 1. The number of amides is 4. The quantitative estimate of drug-likeness (QED) is 0.410. The van der Waals surface area contributed by atoms with Gasteiger partial charge in [0.05, 0.1) is 18.0 Å². The molecular formula is C13H14N4O6. The largest absolute Gasteiger partial charge is 0.487 e. The van der Waals surface area contributed by atoms with Crippen LogP contribution in [0.25, 0.3) is 0 Å². The van der Waals surface area contributed by atoms with Gasteiger partial charge in [-0.3, -0.25) is 25.0 Å². The number of carbonyl (C=O) groups is 3. The first-order chi connectivity index (χ1) is 10.9. The fourth-order valence-electron chi connectivity index (χ4n) is 2.01. The SMILES string of the molecule is CCOc1cc(NC(=O)NC2CC(=O)NC2=O)ccc1[N+](=O)[O-]. The Labute approximate surface area is 130 Å². The Morgan fingerprint density at radius 1 is 1.48 bits per heavy atom. The molecule has 10 heteroatoms. The predicted molar refractivity (Wildman–Crippen MR) is 78.0 cm³/mol. The zero-order valence-corrected chi connectivity index (χ0v) is 12.1. The summed E-state index contributed by atoms with van der Waals surface area (Å²) in [4.78, 5) is 44.5. The van der Waals surface area contributed by atoms with Gasteiger partial charge in [0.1, 0.15) is 6.04 Å². The van der Waals surface area contributed by atoms with E-state index in [2.05, 4.69) is 16.0 Å². The van der Waals surface area contributed by atoms with Gasteiger partial charge in [0.2, 0.25) is 11.8 Å². The van der Waals surface area contributed by atoms with E-state index in [9.17, 15) is 24.5 Å². The van der Waals surface area contributed by atoms with Gasteiger partial charge in [0.15, 0.2) is 5.75 Å². The Morgan fingerprint density at radius 2 is 2.22 bits per heavy atom. The zero-order valence-electron chi connectivity index (χ0n) is 12.1. The standard InChI is InChI=1S/C13H14N4O6/c1-2-23-10-5-7(3-4-9(10)17(21)22)14-13(20)15-8-6-11(18)16-12(8)19/h3-5,8H,2,6H2,1H3,(H2,14,15,20)(H,16,18,19). The minimum atomic E-state index is -0.938. The van der Waals surface area contributed by atoms with Crippen LogP contribution < -0.4 is 20.7 Å². The zero-order chi connectivity index (χ0) is 17.0. The highest BCUT2D eigenvalue weighted by Crippen LogP contribution is 2.30. The Bertz CT molecular complexity index is 674. The number of ether oxygens (including phenoxy) is 1. The summed E-state index contributed by atoms with van der Waals surface area (Å²) in [5, 5.41) is 17.7. The number of rotatable bonds is 5. The average Bonchev–Trinajstić information content (AvgIpc) is 2.77. The molecule has 1 aromatic rings. The van der Waals surface area contributed by atoms with Crippen molar-refractivity contribution in [2.75, 3.05) is 11.9 Å². The van der Waals surface area contributed by atoms with E-state index in [0.717, 1.165) is 0 Å². The van der Waals surface area contributed by atoms with E-state index in [1.165, 1.54) is 18.2 Å². The number of nitro benzene ring substituents is 1. The topological polar surface area (TPSA) is 140 Å². The first kappa shape index (κ1) is 16.2. The number of nitro groups is 1. The van der Waals surface area contributed by atoms with Gasteiger partial charge in [-0.15, -0.1) is 0 Å². The molecule has 1 unspecified atom stereocenters. The van der Waals surface area contributed by atoms with Crippen LogP contribution in [0.15, 0.2) is 18.2 Å². The molecule has 0 spiro atoms. The predicted octanol–water partition coefficient (Wildman–Crippen LogP) is 0.530. The summed E-state index contributed by atoms with van der Waals surface area (Å²) in [6, 6.07) is 2.19. The van der Waals surface area contributed by atoms with E-state index in [0.29, 0.717) is 0 Å². The van der Waals surface area contributed by atoms with Gasteiger partial charge in [0.25, 0.3) is 0 Å². The number of urea groups is 1. The number of hydrogen-bond donors (Lipinski definition) is 3. The fraction of sp³-hybridized carbons (Fsp3) is 0.308. The lowest BCUT2D eigenvalue weighted by Gasteiger charge is -2.12. The fourth-order valence-corrected chi connectivity index (χ4v) is 2.01. The third-order valence-corrected chi connectivity index (χ3v) is 2.99. The molecule has 1 aliphatic heterocycles. The number of anilines is 1. The summed E-state index contributed by atoms with van der Waals surface area (Å²) in [6.07, 6.45) is -0.128. The van der Waals surface area contributed by atoms with E-state index in [1.54, 1.807) is 6.92 Å². The molecule has 23 heavy (non-hydrogen) atoms. The van der Waals surface area contributed by atoms with Crippen molar-refractivity contribution in [2.24, 2.45) is 0 Å². The highest BCUT2D eigenvalue weighted by Gasteiger charge is 2.31. The molecular weight excluding hydrogens is 308 g/mol. The van der Waals surface area contributed by atoms with Crippen molar-refractivity contribution < 1.29 is 24.0 Å². The number of imide groups is 1. The number of nitrogens with one attached hydrogen (secondary N) is 3. The van der Waals surface area contributed by atoms with Crippen molar-refractivity contribution in [3.05, 3.63) is 28.3 Å². The van der Waals surface area contributed by atoms with Crippen molar-refractivity contribution in [1.29, 1.82) is 0 Å². The summed E-state index contributed by atoms with van der Waals surface area (Å²) in [5.41, 5.74) is 0.0276. The third-order valence-electron chi connectivity index (χ3n) is 2.99. The van der Waals surface area contributed by atoms with E-state index in [4.69, 9.17) is 4.74 Å². The van der Waals surface area contributed by atoms with Gasteiger partial charge in [-0.2, -0.15) is 0 Å². The summed E-state index contributed by atoms with van der Waals surface area (Å²) < 4.78 is 5.16. The van der Waals surface area contributed by atoms with E-state index < -0.39 is 28.8 Å².